The minimum atomic E-state index is -3.29. The highest BCUT2D eigenvalue weighted by atomic mass is 19.3. The summed E-state index contributed by atoms with van der Waals surface area (Å²) in [6.07, 6.45) is 13.0. The normalized spacial score (nSPS) is 21.3. The SMILES string of the molecule is CCCCCCC[C@H]1CC[C@H](c2ccc(C(=O)C(C)(F)F)cc2)CC1. The topological polar surface area (TPSA) is 17.1 Å². The molecule has 0 atom stereocenters. The van der Waals surface area contributed by atoms with Gasteiger partial charge in [-0.1, -0.05) is 69.7 Å². The largest absolute Gasteiger partial charge is 0.307 e. The second kappa shape index (κ2) is 9.45. The number of rotatable bonds is 9. The van der Waals surface area contributed by atoms with Gasteiger partial charge in [0.25, 0.3) is 0 Å². The molecule has 140 valence electrons. The Kier molecular flexibility index (Phi) is 7.58. The number of alkyl halides is 2. The number of hydrogen-bond acceptors (Lipinski definition) is 1. The van der Waals surface area contributed by atoms with Gasteiger partial charge in [-0.3, -0.25) is 4.79 Å². The summed E-state index contributed by atoms with van der Waals surface area (Å²) in [6, 6.07) is 6.87. The molecule has 0 aliphatic heterocycles. The Hall–Kier alpha value is -1.25. The summed E-state index contributed by atoms with van der Waals surface area (Å²) < 4.78 is 26.2. The van der Waals surface area contributed by atoms with Gasteiger partial charge in [-0.05, 0) is 43.1 Å². The zero-order chi connectivity index (χ0) is 18.3. The van der Waals surface area contributed by atoms with Crippen LogP contribution in [0.1, 0.15) is 99.9 Å². The van der Waals surface area contributed by atoms with E-state index >= 15 is 0 Å². The summed E-state index contributed by atoms with van der Waals surface area (Å²) in [5.74, 6) is -3.01. The Labute approximate surface area is 151 Å². The van der Waals surface area contributed by atoms with E-state index < -0.39 is 11.7 Å². The molecule has 0 bridgehead atoms. The number of halogens is 2. The maximum Gasteiger partial charge on any atom is 0.307 e. The highest BCUT2D eigenvalue weighted by molar-refractivity contribution is 6.01. The van der Waals surface area contributed by atoms with Crippen LogP contribution in [0.4, 0.5) is 8.78 Å². The molecule has 1 aliphatic rings. The van der Waals surface area contributed by atoms with Crippen molar-refractivity contribution in [2.75, 3.05) is 0 Å². The van der Waals surface area contributed by atoms with Gasteiger partial charge in [0.1, 0.15) is 0 Å². The van der Waals surface area contributed by atoms with Crippen LogP contribution in [-0.2, 0) is 0 Å². The first-order valence-electron chi connectivity index (χ1n) is 9.94. The van der Waals surface area contributed by atoms with Gasteiger partial charge in [-0.15, -0.1) is 0 Å². The van der Waals surface area contributed by atoms with Crippen molar-refractivity contribution in [2.24, 2.45) is 5.92 Å². The number of Topliss-reactive ketones (excluding diaryl/α,β-unsaturated/α-hetero) is 1. The van der Waals surface area contributed by atoms with Crippen LogP contribution < -0.4 is 0 Å². The van der Waals surface area contributed by atoms with Crippen molar-refractivity contribution in [2.45, 2.75) is 89.9 Å². The first-order valence-corrected chi connectivity index (χ1v) is 9.94. The lowest BCUT2D eigenvalue weighted by Crippen LogP contribution is -2.24. The molecule has 3 heteroatoms. The van der Waals surface area contributed by atoms with Gasteiger partial charge in [0.2, 0.25) is 5.78 Å². The summed E-state index contributed by atoms with van der Waals surface area (Å²) in [5.41, 5.74) is 1.30. The molecule has 1 aromatic carbocycles. The molecule has 0 amide bonds. The van der Waals surface area contributed by atoms with Crippen molar-refractivity contribution in [1.82, 2.24) is 0 Å². The van der Waals surface area contributed by atoms with Crippen molar-refractivity contribution in [3.05, 3.63) is 35.4 Å². The first-order chi connectivity index (χ1) is 11.9. The van der Waals surface area contributed by atoms with E-state index in [4.69, 9.17) is 0 Å². The Bertz CT molecular complexity index is 522. The van der Waals surface area contributed by atoms with E-state index in [0.29, 0.717) is 12.8 Å². The minimum absolute atomic E-state index is 0.108. The number of ketones is 1. The van der Waals surface area contributed by atoms with E-state index in [-0.39, 0.29) is 5.56 Å². The lowest BCUT2D eigenvalue weighted by molar-refractivity contribution is 0.0221. The van der Waals surface area contributed by atoms with E-state index in [1.54, 1.807) is 12.1 Å². The van der Waals surface area contributed by atoms with Gasteiger partial charge >= 0.3 is 5.92 Å². The quantitative estimate of drug-likeness (QED) is 0.341. The zero-order valence-corrected chi connectivity index (χ0v) is 15.7. The highest BCUT2D eigenvalue weighted by Crippen LogP contribution is 2.38. The Morgan fingerprint density at radius 1 is 1.00 bits per heavy atom. The molecule has 0 N–H and O–H groups in total. The van der Waals surface area contributed by atoms with Crippen molar-refractivity contribution in [1.29, 1.82) is 0 Å². The average Bonchev–Trinajstić information content (AvgIpc) is 2.61. The highest BCUT2D eigenvalue weighted by Gasteiger charge is 2.33. The van der Waals surface area contributed by atoms with E-state index in [2.05, 4.69) is 6.92 Å². The number of unbranched alkanes of at least 4 members (excludes halogenated alkanes) is 4. The molecule has 0 saturated heterocycles. The summed E-state index contributed by atoms with van der Waals surface area (Å²) >= 11 is 0. The molecular weight excluding hydrogens is 318 g/mol. The molecule has 1 nitrogen and oxygen atoms in total. The summed E-state index contributed by atoms with van der Waals surface area (Å²) in [6.45, 7) is 2.91. The van der Waals surface area contributed by atoms with Gasteiger partial charge in [0.05, 0.1) is 0 Å². The second-order valence-electron chi connectivity index (χ2n) is 7.76. The summed E-state index contributed by atoms with van der Waals surface area (Å²) in [5, 5.41) is 0. The molecule has 0 radical (unpaired) electrons. The lowest BCUT2D eigenvalue weighted by atomic mass is 9.77. The minimum Gasteiger partial charge on any atom is -0.287 e. The number of benzene rings is 1. The van der Waals surface area contributed by atoms with Crippen LogP contribution in [0.25, 0.3) is 0 Å². The van der Waals surface area contributed by atoms with Crippen LogP contribution in [-0.4, -0.2) is 11.7 Å². The van der Waals surface area contributed by atoms with Crippen LogP contribution in [0.15, 0.2) is 24.3 Å². The predicted octanol–water partition coefficient (Wildman–Crippen LogP) is 7.16. The van der Waals surface area contributed by atoms with Gasteiger partial charge in [-0.2, -0.15) is 8.78 Å². The summed E-state index contributed by atoms with van der Waals surface area (Å²) in [4.78, 5) is 11.6. The summed E-state index contributed by atoms with van der Waals surface area (Å²) in [7, 11) is 0. The number of carbonyl (C=O) groups is 1. The van der Waals surface area contributed by atoms with Crippen molar-refractivity contribution >= 4 is 5.78 Å². The van der Waals surface area contributed by atoms with Crippen LogP contribution in [0.2, 0.25) is 0 Å². The lowest BCUT2D eigenvalue weighted by Gasteiger charge is -2.29. The first kappa shape index (κ1) is 20.1. The van der Waals surface area contributed by atoms with Gasteiger partial charge in [0.15, 0.2) is 0 Å². The molecule has 2 rings (SSSR count). The fourth-order valence-electron chi connectivity index (χ4n) is 3.98. The Morgan fingerprint density at radius 3 is 2.16 bits per heavy atom. The van der Waals surface area contributed by atoms with Crippen molar-refractivity contribution in [3.8, 4) is 0 Å². The molecule has 0 heterocycles. The molecule has 1 saturated carbocycles. The van der Waals surface area contributed by atoms with Gasteiger partial charge in [0, 0.05) is 12.5 Å². The Morgan fingerprint density at radius 2 is 1.60 bits per heavy atom. The second-order valence-corrected chi connectivity index (χ2v) is 7.76. The standard InChI is InChI=1S/C22H32F2O/c1-3-4-5-6-7-8-17-9-11-18(12-10-17)19-13-15-20(16-14-19)21(25)22(2,23)24/h13-18H,3-12H2,1-2H3/t17-,18-. The van der Waals surface area contributed by atoms with E-state index in [9.17, 15) is 13.6 Å². The molecule has 0 spiro atoms. The maximum absolute atomic E-state index is 13.1. The molecule has 0 unspecified atom stereocenters. The predicted molar refractivity (Wildman–Crippen MR) is 99.5 cm³/mol. The molecule has 1 fully saturated rings. The van der Waals surface area contributed by atoms with Gasteiger partial charge < -0.3 is 0 Å². The third-order valence-corrected chi connectivity index (χ3v) is 5.61. The van der Waals surface area contributed by atoms with Gasteiger partial charge in [-0.25, -0.2) is 0 Å². The third kappa shape index (κ3) is 6.20. The molecule has 25 heavy (non-hydrogen) atoms. The van der Waals surface area contributed by atoms with Crippen LogP contribution >= 0.6 is 0 Å². The van der Waals surface area contributed by atoms with Crippen LogP contribution in [0, 0.1) is 5.92 Å². The van der Waals surface area contributed by atoms with Crippen LogP contribution in [0.3, 0.4) is 0 Å². The monoisotopic (exact) mass is 350 g/mol. The maximum atomic E-state index is 13.1. The van der Waals surface area contributed by atoms with E-state index in [0.717, 1.165) is 5.92 Å². The van der Waals surface area contributed by atoms with E-state index in [1.807, 2.05) is 12.1 Å². The van der Waals surface area contributed by atoms with Crippen molar-refractivity contribution < 1.29 is 13.6 Å². The number of hydrogen-bond donors (Lipinski definition) is 0. The van der Waals surface area contributed by atoms with E-state index in [1.165, 1.54) is 69.8 Å². The van der Waals surface area contributed by atoms with Crippen molar-refractivity contribution in [3.63, 3.8) is 0 Å². The smallest absolute Gasteiger partial charge is 0.287 e. The third-order valence-electron chi connectivity index (χ3n) is 5.61. The molecular formula is C22H32F2O. The zero-order valence-electron chi connectivity index (χ0n) is 15.7. The Balaban J connectivity index is 1.78. The molecule has 1 aliphatic carbocycles. The molecule has 1 aromatic rings. The fourth-order valence-corrected chi connectivity index (χ4v) is 3.98. The van der Waals surface area contributed by atoms with Crippen LogP contribution in [0.5, 0.6) is 0 Å². The fraction of sp³-hybridized carbons (Fsp3) is 0.682. The molecule has 0 aromatic heterocycles. The number of carbonyl (C=O) groups excluding carboxylic acids is 1. The average molecular weight is 350 g/mol.